The number of piperazine rings is 1. The summed E-state index contributed by atoms with van der Waals surface area (Å²) in [7, 11) is 0. The van der Waals surface area contributed by atoms with Crippen molar-refractivity contribution in [3.05, 3.63) is 81.6 Å². The quantitative estimate of drug-likeness (QED) is 0.343. The van der Waals surface area contributed by atoms with Gasteiger partial charge in [0.1, 0.15) is 11.4 Å². The van der Waals surface area contributed by atoms with Gasteiger partial charge in [0, 0.05) is 49.7 Å². The molecule has 0 radical (unpaired) electrons. The van der Waals surface area contributed by atoms with Crippen LogP contribution in [0.2, 0.25) is 0 Å². The van der Waals surface area contributed by atoms with Crippen LogP contribution in [0.15, 0.2) is 57.9 Å². The molecule has 1 aliphatic heterocycles. The first kappa shape index (κ1) is 21.9. The highest BCUT2D eigenvalue weighted by molar-refractivity contribution is 7.20. The molecule has 7 nitrogen and oxygen atoms in total. The number of fused-ring (bicyclic) bond motifs is 2. The molecule has 0 unspecified atom stereocenters. The number of aryl methyl sites for hydroxylation is 2. The number of anilines is 1. The molecule has 35 heavy (non-hydrogen) atoms. The molecule has 0 N–H and O–H groups in total. The molecule has 4 heterocycles. The number of rotatable bonds is 4. The fraction of sp³-hybridized carbons (Fsp3) is 0.269. The van der Waals surface area contributed by atoms with Crippen LogP contribution < -0.4 is 10.5 Å². The first-order valence-corrected chi connectivity index (χ1v) is 12.4. The summed E-state index contributed by atoms with van der Waals surface area (Å²) in [5.74, 6) is -0.261. The number of benzene rings is 2. The molecular weight excluding hydrogens is 465 g/mol. The largest absolute Gasteiger partial charge is 0.423 e. The fourth-order valence-electron chi connectivity index (χ4n) is 4.53. The molecular formula is C26H24FN5O2S. The van der Waals surface area contributed by atoms with E-state index in [1.165, 1.54) is 17.7 Å². The maximum Gasteiger partial charge on any atom is 0.336 e. The van der Waals surface area contributed by atoms with E-state index in [0.717, 1.165) is 64.0 Å². The van der Waals surface area contributed by atoms with E-state index in [0.29, 0.717) is 12.1 Å². The lowest BCUT2D eigenvalue weighted by Crippen LogP contribution is -2.46. The predicted octanol–water partition coefficient (Wildman–Crippen LogP) is 4.64. The van der Waals surface area contributed by atoms with Gasteiger partial charge in [-0.15, -0.1) is 5.10 Å². The molecule has 0 amide bonds. The van der Waals surface area contributed by atoms with Gasteiger partial charge >= 0.3 is 5.63 Å². The summed E-state index contributed by atoms with van der Waals surface area (Å²) in [5, 5.41) is 6.68. The summed E-state index contributed by atoms with van der Waals surface area (Å²) >= 11 is 1.55. The summed E-state index contributed by atoms with van der Waals surface area (Å²) in [6, 6.07) is 12.0. The average molecular weight is 490 g/mol. The smallest absolute Gasteiger partial charge is 0.336 e. The minimum absolute atomic E-state index is 0.261. The van der Waals surface area contributed by atoms with Gasteiger partial charge in [-0.1, -0.05) is 11.3 Å². The Balaban J connectivity index is 1.16. The Kier molecular flexibility index (Phi) is 5.38. The number of hydrogen-bond acceptors (Lipinski definition) is 7. The number of hydrogen-bond donors (Lipinski definition) is 0. The molecule has 1 saturated heterocycles. The van der Waals surface area contributed by atoms with Crippen LogP contribution in [0.1, 0.15) is 16.7 Å². The predicted molar refractivity (Wildman–Crippen MR) is 136 cm³/mol. The van der Waals surface area contributed by atoms with E-state index < -0.39 is 0 Å². The fourth-order valence-corrected chi connectivity index (χ4v) is 5.46. The molecule has 0 atom stereocenters. The molecule has 0 bridgehead atoms. The maximum atomic E-state index is 13.2. The standard InChI is InChI=1S/C26H24FN5O2S/c1-16-11-21-19(13-24(33)34-23(21)12-17(16)2)14-30-7-9-31(10-8-30)26-29-32-15-22(28-25(32)35-26)18-3-5-20(27)6-4-18/h3-6,11-13,15H,7-10,14H2,1-2H3. The Morgan fingerprint density at radius 1 is 1.03 bits per heavy atom. The van der Waals surface area contributed by atoms with Crippen molar-refractivity contribution in [2.45, 2.75) is 20.4 Å². The molecule has 0 saturated carbocycles. The summed E-state index contributed by atoms with van der Waals surface area (Å²) in [4.78, 5) is 22.3. The summed E-state index contributed by atoms with van der Waals surface area (Å²) in [5.41, 5.74) is 5.31. The summed E-state index contributed by atoms with van der Waals surface area (Å²) in [6.45, 7) is 8.25. The van der Waals surface area contributed by atoms with Crippen molar-refractivity contribution >= 4 is 32.4 Å². The lowest BCUT2D eigenvalue weighted by Gasteiger charge is -2.34. The number of imidazole rings is 1. The Labute approximate surface area is 205 Å². The van der Waals surface area contributed by atoms with Crippen LogP contribution >= 0.6 is 11.3 Å². The Bertz CT molecular complexity index is 1560. The first-order valence-electron chi connectivity index (χ1n) is 11.6. The lowest BCUT2D eigenvalue weighted by molar-refractivity contribution is 0.250. The van der Waals surface area contributed by atoms with Crippen LogP contribution in [0, 0.1) is 19.7 Å². The molecule has 9 heteroatoms. The molecule has 178 valence electrons. The molecule has 5 aromatic rings. The number of halogens is 1. The van der Waals surface area contributed by atoms with Crippen molar-refractivity contribution in [2.24, 2.45) is 0 Å². The van der Waals surface area contributed by atoms with Gasteiger partial charge in [-0.2, -0.15) is 0 Å². The molecule has 6 rings (SSSR count). The molecule has 0 aliphatic carbocycles. The normalized spacial score (nSPS) is 14.9. The van der Waals surface area contributed by atoms with Crippen LogP contribution in [0.5, 0.6) is 0 Å². The van der Waals surface area contributed by atoms with E-state index in [1.54, 1.807) is 34.1 Å². The third-order valence-corrected chi connectivity index (χ3v) is 7.64. The van der Waals surface area contributed by atoms with Crippen molar-refractivity contribution in [2.75, 3.05) is 31.1 Å². The van der Waals surface area contributed by atoms with Gasteiger partial charge in [-0.05, 0) is 66.9 Å². The lowest BCUT2D eigenvalue weighted by atomic mass is 10.0. The minimum atomic E-state index is -0.305. The summed E-state index contributed by atoms with van der Waals surface area (Å²) < 4.78 is 20.5. The van der Waals surface area contributed by atoms with Gasteiger partial charge in [0.2, 0.25) is 10.1 Å². The van der Waals surface area contributed by atoms with Gasteiger partial charge in [-0.25, -0.2) is 18.7 Å². The third kappa shape index (κ3) is 4.21. The van der Waals surface area contributed by atoms with Crippen molar-refractivity contribution in [1.29, 1.82) is 0 Å². The molecule has 3 aromatic heterocycles. The number of aromatic nitrogens is 3. The van der Waals surface area contributed by atoms with Crippen LogP contribution in [0.25, 0.3) is 27.2 Å². The van der Waals surface area contributed by atoms with E-state index >= 15 is 0 Å². The van der Waals surface area contributed by atoms with Crippen LogP contribution in [-0.2, 0) is 6.54 Å². The van der Waals surface area contributed by atoms with Gasteiger partial charge in [-0.3, -0.25) is 4.90 Å². The van der Waals surface area contributed by atoms with E-state index in [2.05, 4.69) is 27.8 Å². The number of nitrogens with zero attached hydrogens (tertiary/aromatic N) is 5. The Morgan fingerprint density at radius 2 is 1.77 bits per heavy atom. The zero-order valence-corrected chi connectivity index (χ0v) is 20.3. The highest BCUT2D eigenvalue weighted by Gasteiger charge is 2.22. The van der Waals surface area contributed by atoms with Gasteiger partial charge in [0.25, 0.3) is 0 Å². The third-order valence-electron chi connectivity index (χ3n) is 6.65. The second kappa shape index (κ2) is 8.58. The molecule has 1 aliphatic rings. The first-order chi connectivity index (χ1) is 16.9. The van der Waals surface area contributed by atoms with Crippen molar-refractivity contribution in [1.82, 2.24) is 19.5 Å². The molecule has 1 fully saturated rings. The molecule has 0 spiro atoms. The monoisotopic (exact) mass is 489 g/mol. The highest BCUT2D eigenvalue weighted by atomic mass is 32.1. The second-order valence-corrected chi connectivity index (χ2v) is 9.97. The van der Waals surface area contributed by atoms with Crippen molar-refractivity contribution in [3.63, 3.8) is 0 Å². The van der Waals surface area contributed by atoms with Crippen LogP contribution in [0.3, 0.4) is 0 Å². The Morgan fingerprint density at radius 3 is 2.51 bits per heavy atom. The zero-order valence-electron chi connectivity index (χ0n) is 19.5. The van der Waals surface area contributed by atoms with Crippen LogP contribution in [-0.4, -0.2) is 45.7 Å². The maximum absolute atomic E-state index is 13.2. The van der Waals surface area contributed by atoms with Crippen LogP contribution in [0.4, 0.5) is 9.52 Å². The average Bonchev–Trinajstić information content (AvgIpc) is 3.41. The summed E-state index contributed by atoms with van der Waals surface area (Å²) in [6.07, 6.45) is 1.88. The van der Waals surface area contributed by atoms with Crippen molar-refractivity contribution in [3.8, 4) is 11.3 Å². The zero-order chi connectivity index (χ0) is 24.1. The van der Waals surface area contributed by atoms with Crippen molar-refractivity contribution < 1.29 is 8.81 Å². The highest BCUT2D eigenvalue weighted by Crippen LogP contribution is 2.28. The second-order valence-electron chi connectivity index (χ2n) is 9.03. The SMILES string of the molecule is Cc1cc2oc(=O)cc(CN3CCN(c4nn5cc(-c6ccc(F)cc6)nc5s4)CC3)c2cc1C. The topological polar surface area (TPSA) is 66.9 Å². The van der Waals surface area contributed by atoms with Gasteiger partial charge < -0.3 is 9.32 Å². The van der Waals surface area contributed by atoms with E-state index in [-0.39, 0.29) is 11.4 Å². The minimum Gasteiger partial charge on any atom is -0.423 e. The van der Waals surface area contributed by atoms with Gasteiger partial charge in [0.15, 0.2) is 0 Å². The van der Waals surface area contributed by atoms with E-state index in [4.69, 9.17) is 9.52 Å². The van der Waals surface area contributed by atoms with E-state index in [9.17, 15) is 9.18 Å². The molecule has 2 aromatic carbocycles. The van der Waals surface area contributed by atoms with Gasteiger partial charge in [0.05, 0.1) is 11.9 Å². The Hall–Kier alpha value is -3.56. The van der Waals surface area contributed by atoms with E-state index in [1.807, 2.05) is 19.2 Å².